The maximum Gasteiger partial charge on any atom is 0.224 e. The van der Waals surface area contributed by atoms with Gasteiger partial charge < -0.3 is 20.6 Å². The van der Waals surface area contributed by atoms with Crippen LogP contribution in [-0.4, -0.2) is 48.2 Å². The number of nitriles is 1. The molecule has 0 unspecified atom stereocenters. The molecule has 0 aromatic heterocycles. The summed E-state index contributed by atoms with van der Waals surface area (Å²) < 4.78 is 13.1. The van der Waals surface area contributed by atoms with Gasteiger partial charge in [-0.05, 0) is 61.4 Å². The molecule has 0 fully saturated rings. The summed E-state index contributed by atoms with van der Waals surface area (Å²) >= 11 is 0.601. The Morgan fingerprint density at radius 2 is 1.90 bits per heavy atom. The number of aliphatic hydroxyl groups is 1. The summed E-state index contributed by atoms with van der Waals surface area (Å²) in [6.07, 6.45) is 3.82. The number of aliphatic hydroxyl groups excluding tert-OH is 1. The Bertz CT molecular complexity index is 1280. The molecule has 7 nitrogen and oxygen atoms in total. The number of nitrogens with zero attached hydrogens (tertiary/aromatic N) is 3. The first-order valence-corrected chi connectivity index (χ1v) is 14.1. The van der Waals surface area contributed by atoms with Gasteiger partial charge in [-0.15, -0.1) is 0 Å². The van der Waals surface area contributed by atoms with Gasteiger partial charge in [-0.3, -0.25) is 4.79 Å². The summed E-state index contributed by atoms with van der Waals surface area (Å²) in [7, 11) is 0. The molecule has 2 rings (SSSR count). The van der Waals surface area contributed by atoms with Crippen LogP contribution in [0.2, 0.25) is 0 Å². The lowest BCUT2D eigenvalue weighted by atomic mass is 10.0. The van der Waals surface area contributed by atoms with E-state index >= 15 is 0 Å². The third-order valence-corrected chi connectivity index (χ3v) is 6.72. The topological polar surface area (TPSA) is 101 Å². The van der Waals surface area contributed by atoms with Gasteiger partial charge in [-0.2, -0.15) is 5.26 Å². The van der Waals surface area contributed by atoms with Gasteiger partial charge in [-0.25, -0.2) is 9.38 Å². The number of rotatable bonds is 16. The minimum Gasteiger partial charge on any atom is -0.395 e. The minimum atomic E-state index is -0.825. The Balaban J connectivity index is 2.38. The highest BCUT2D eigenvalue weighted by atomic mass is 32.2. The van der Waals surface area contributed by atoms with Crippen molar-refractivity contribution in [3.05, 3.63) is 89.8 Å². The van der Waals surface area contributed by atoms with E-state index in [1.165, 1.54) is 0 Å². The average Bonchev–Trinajstić information content (AvgIpc) is 2.96. The highest BCUT2D eigenvalue weighted by Crippen LogP contribution is 2.29. The van der Waals surface area contributed by atoms with Crippen molar-refractivity contribution in [2.24, 2.45) is 4.99 Å². The number of anilines is 2. The monoisotopic (exact) mass is 563 g/mol. The number of carbonyl (C=O) groups excluding carboxylic acids is 1. The number of nitrogens with one attached hydrogen (secondary N) is 2. The van der Waals surface area contributed by atoms with Crippen molar-refractivity contribution in [2.45, 2.75) is 33.6 Å². The number of hydrogen-bond donors (Lipinski definition) is 3. The fraction of sp³-hybridized carbons (Fsp3) is 0.323. The fourth-order valence-electron chi connectivity index (χ4n) is 3.93. The van der Waals surface area contributed by atoms with Crippen LogP contribution in [0, 0.1) is 11.3 Å². The first-order chi connectivity index (χ1) is 19.3. The maximum atomic E-state index is 13.1. The predicted octanol–water partition coefficient (Wildman–Crippen LogP) is 6.51. The normalized spacial score (nSPS) is 11.5. The highest BCUT2D eigenvalue weighted by Gasteiger charge is 2.18. The summed E-state index contributed by atoms with van der Waals surface area (Å²) in [4.78, 5) is 19.5. The summed E-state index contributed by atoms with van der Waals surface area (Å²) in [6, 6.07) is 14.2. The molecule has 0 saturated carbocycles. The quantitative estimate of drug-likeness (QED) is 0.158. The first-order valence-electron chi connectivity index (χ1n) is 13.1. The molecular formula is C31H38FN5O2S. The average molecular weight is 564 g/mol. The van der Waals surface area contributed by atoms with E-state index < -0.39 is 6.01 Å². The van der Waals surface area contributed by atoms with E-state index in [1.54, 1.807) is 12.1 Å². The first kappa shape index (κ1) is 32.3. The Morgan fingerprint density at radius 1 is 1.20 bits per heavy atom. The van der Waals surface area contributed by atoms with Crippen LogP contribution in [0.4, 0.5) is 15.8 Å². The molecule has 0 amide bonds. The summed E-state index contributed by atoms with van der Waals surface area (Å²) in [5, 5.41) is 24.1. The molecule has 0 spiro atoms. The molecular weight excluding hydrogens is 525 g/mol. The summed E-state index contributed by atoms with van der Waals surface area (Å²) in [6.45, 7) is 15.2. The minimum absolute atomic E-state index is 0.0579. The second kappa shape index (κ2) is 17.0. The number of thioether (sulfide) groups is 1. The van der Waals surface area contributed by atoms with Gasteiger partial charge in [-0.1, -0.05) is 56.8 Å². The SMILES string of the molecule is C=C(/N=C(\C(C)=C/C)c1ccc(C(=C)NCC#N)cc1)Nc1ccc(N(CCO)CCCC)c(C(=O)SCF)c1. The largest absolute Gasteiger partial charge is 0.395 e. The molecule has 0 heterocycles. The van der Waals surface area contributed by atoms with Crippen LogP contribution in [0.3, 0.4) is 0 Å². The Hall–Kier alpha value is -3.87. The van der Waals surface area contributed by atoms with Crippen LogP contribution >= 0.6 is 11.8 Å². The van der Waals surface area contributed by atoms with Gasteiger partial charge in [0.2, 0.25) is 5.12 Å². The molecule has 0 atom stereocenters. The highest BCUT2D eigenvalue weighted by molar-refractivity contribution is 8.14. The lowest BCUT2D eigenvalue weighted by Gasteiger charge is -2.26. The molecule has 3 N–H and O–H groups in total. The van der Waals surface area contributed by atoms with E-state index in [-0.39, 0.29) is 18.3 Å². The van der Waals surface area contributed by atoms with Crippen molar-refractivity contribution in [1.29, 1.82) is 5.26 Å². The van der Waals surface area contributed by atoms with E-state index in [0.717, 1.165) is 35.3 Å². The van der Waals surface area contributed by atoms with Crippen molar-refractivity contribution >= 4 is 39.7 Å². The number of alkyl halides is 1. The standard InChI is InChI=1S/C31H38FN5O2S/c1-6-8-17-37(18-19-38)29-14-13-27(20-28(29)31(39)40-21-32)35-24(5)36-30(22(3)7-2)26-11-9-25(10-12-26)23(4)34-16-15-33/h7,9-14,20,34-35,38H,4-6,8,16-19,21H2,1-3H3/b22-7-,36-30+. The molecule has 0 aliphatic rings. The van der Waals surface area contributed by atoms with Gasteiger partial charge in [0.05, 0.1) is 24.0 Å². The zero-order chi connectivity index (χ0) is 29.5. The lowest BCUT2D eigenvalue weighted by Crippen LogP contribution is -2.29. The Kier molecular flexibility index (Phi) is 13.7. The zero-order valence-electron chi connectivity index (χ0n) is 23.5. The number of benzene rings is 2. The van der Waals surface area contributed by atoms with Crippen molar-refractivity contribution in [3.63, 3.8) is 0 Å². The lowest BCUT2D eigenvalue weighted by molar-refractivity contribution is 0.108. The smallest absolute Gasteiger partial charge is 0.224 e. The molecule has 9 heteroatoms. The zero-order valence-corrected chi connectivity index (χ0v) is 24.3. The van der Waals surface area contributed by atoms with Crippen molar-refractivity contribution < 1.29 is 14.3 Å². The van der Waals surface area contributed by atoms with Crippen LogP contribution < -0.4 is 15.5 Å². The number of hydrogen-bond acceptors (Lipinski definition) is 8. The second-order valence-electron chi connectivity index (χ2n) is 8.91. The van der Waals surface area contributed by atoms with Gasteiger partial charge in [0.1, 0.15) is 18.4 Å². The van der Waals surface area contributed by atoms with E-state index in [1.807, 2.05) is 61.2 Å². The summed E-state index contributed by atoms with van der Waals surface area (Å²) in [5.74, 6) is 0.364. The van der Waals surface area contributed by atoms with Crippen LogP contribution in [0.5, 0.6) is 0 Å². The maximum absolute atomic E-state index is 13.1. The molecule has 0 saturated heterocycles. The van der Waals surface area contributed by atoms with Gasteiger partial charge >= 0.3 is 0 Å². The Labute approximate surface area is 241 Å². The molecule has 0 aliphatic carbocycles. The van der Waals surface area contributed by atoms with Crippen LogP contribution in [0.1, 0.15) is 55.1 Å². The van der Waals surface area contributed by atoms with Crippen LogP contribution in [0.25, 0.3) is 5.70 Å². The van der Waals surface area contributed by atoms with Crippen molar-refractivity contribution in [1.82, 2.24) is 5.32 Å². The molecule has 2 aromatic carbocycles. The predicted molar refractivity (Wildman–Crippen MR) is 166 cm³/mol. The number of aliphatic imine (C=N–C) groups is 1. The summed E-state index contributed by atoms with van der Waals surface area (Å²) in [5.41, 5.74) is 5.67. The molecule has 0 radical (unpaired) electrons. The number of unbranched alkanes of at least 4 members (excludes halogenated alkanes) is 1. The fourth-order valence-corrected chi connectivity index (χ4v) is 4.35. The van der Waals surface area contributed by atoms with Gasteiger partial charge in [0.15, 0.2) is 0 Å². The van der Waals surface area contributed by atoms with Crippen LogP contribution in [-0.2, 0) is 0 Å². The number of carbonyl (C=O) groups is 1. The molecule has 2 aromatic rings. The van der Waals surface area contributed by atoms with Crippen molar-refractivity contribution in [3.8, 4) is 6.07 Å². The van der Waals surface area contributed by atoms with Crippen molar-refractivity contribution in [2.75, 3.05) is 42.5 Å². The van der Waals surface area contributed by atoms with Gasteiger partial charge in [0.25, 0.3) is 0 Å². The van der Waals surface area contributed by atoms with Crippen LogP contribution in [0.15, 0.2) is 78.1 Å². The van der Waals surface area contributed by atoms with E-state index in [4.69, 9.17) is 10.3 Å². The molecule has 0 aliphatic heterocycles. The molecule has 0 bridgehead atoms. The van der Waals surface area contributed by atoms with E-state index in [2.05, 4.69) is 30.7 Å². The third kappa shape index (κ3) is 9.40. The van der Waals surface area contributed by atoms with E-state index in [9.17, 15) is 14.3 Å². The van der Waals surface area contributed by atoms with Gasteiger partial charge in [0, 0.05) is 35.7 Å². The second-order valence-corrected chi connectivity index (χ2v) is 9.79. The Morgan fingerprint density at radius 3 is 2.50 bits per heavy atom. The molecule has 212 valence electrons. The van der Waals surface area contributed by atoms with E-state index in [0.29, 0.717) is 53.3 Å². The third-order valence-electron chi connectivity index (χ3n) is 6.12. The number of halogens is 1. The number of allylic oxidation sites excluding steroid dienone is 2. The molecule has 40 heavy (non-hydrogen) atoms.